The molecule has 0 atom stereocenters. The molecule has 0 amide bonds. The van der Waals surface area contributed by atoms with Crippen LogP contribution in [-0.2, 0) is 0 Å². The lowest BCUT2D eigenvalue weighted by Gasteiger charge is -2.15. The van der Waals surface area contributed by atoms with E-state index in [9.17, 15) is 9.90 Å². The van der Waals surface area contributed by atoms with Crippen LogP contribution in [0.4, 0.5) is 0 Å². The number of carbonyl (C=O) groups is 1. The summed E-state index contributed by atoms with van der Waals surface area (Å²) in [7, 11) is 3.16. The highest BCUT2D eigenvalue weighted by molar-refractivity contribution is 6.09. The highest BCUT2D eigenvalue weighted by atomic mass is 16.5. The van der Waals surface area contributed by atoms with Gasteiger partial charge in [0, 0.05) is 0 Å². The molecule has 0 unspecified atom stereocenters. The Labute approximate surface area is 156 Å². The first-order valence-electron chi connectivity index (χ1n) is 8.53. The number of carboxylic acid groups (broad SMARTS) is 1. The van der Waals surface area contributed by atoms with Crippen molar-refractivity contribution in [2.45, 2.75) is 0 Å². The van der Waals surface area contributed by atoms with Crippen LogP contribution in [0.3, 0.4) is 0 Å². The lowest BCUT2D eigenvalue weighted by atomic mass is 9.92. The van der Waals surface area contributed by atoms with E-state index in [2.05, 4.69) is 0 Å². The zero-order chi connectivity index (χ0) is 19.0. The minimum absolute atomic E-state index is 0.234. The smallest absolute Gasteiger partial charge is 0.335 e. The molecule has 4 rings (SSSR count). The van der Waals surface area contributed by atoms with Gasteiger partial charge in [-0.15, -0.1) is 0 Å². The molecule has 0 spiro atoms. The van der Waals surface area contributed by atoms with E-state index in [1.165, 1.54) is 0 Å². The number of fused-ring (bicyclic) bond motifs is 2. The molecule has 0 bridgehead atoms. The molecule has 0 heterocycles. The van der Waals surface area contributed by atoms with Crippen molar-refractivity contribution in [2.24, 2.45) is 0 Å². The fourth-order valence-corrected chi connectivity index (χ4v) is 3.50. The summed E-state index contributed by atoms with van der Waals surface area (Å²) >= 11 is 0. The summed E-state index contributed by atoms with van der Waals surface area (Å²) in [6.07, 6.45) is 0. The van der Waals surface area contributed by atoms with Gasteiger partial charge >= 0.3 is 5.97 Å². The van der Waals surface area contributed by atoms with E-state index < -0.39 is 5.97 Å². The molecule has 4 nitrogen and oxygen atoms in total. The molecule has 4 heteroatoms. The van der Waals surface area contributed by atoms with E-state index >= 15 is 0 Å². The molecule has 1 N–H and O–H groups in total. The van der Waals surface area contributed by atoms with E-state index in [1.807, 2.05) is 54.6 Å². The lowest BCUT2D eigenvalue weighted by molar-refractivity contribution is 0.0697. The number of benzene rings is 4. The zero-order valence-electron chi connectivity index (χ0n) is 15.0. The Hall–Kier alpha value is -3.53. The fraction of sp³-hybridized carbons (Fsp3) is 0.0870. The topological polar surface area (TPSA) is 55.8 Å². The summed E-state index contributed by atoms with van der Waals surface area (Å²) in [5, 5.41) is 13.5. The van der Waals surface area contributed by atoms with Gasteiger partial charge in [0.1, 0.15) is 0 Å². The van der Waals surface area contributed by atoms with Crippen LogP contribution in [0.5, 0.6) is 11.5 Å². The maximum Gasteiger partial charge on any atom is 0.335 e. The predicted octanol–water partition coefficient (Wildman–Crippen LogP) is 5.38. The largest absolute Gasteiger partial charge is 0.493 e. The molecule has 0 saturated carbocycles. The molecular formula is C23H18O4. The highest BCUT2D eigenvalue weighted by Crippen LogP contribution is 2.40. The number of hydrogen-bond acceptors (Lipinski definition) is 3. The van der Waals surface area contributed by atoms with Gasteiger partial charge in [-0.1, -0.05) is 42.5 Å². The van der Waals surface area contributed by atoms with Crippen LogP contribution >= 0.6 is 0 Å². The first kappa shape index (κ1) is 16.9. The fourth-order valence-electron chi connectivity index (χ4n) is 3.50. The van der Waals surface area contributed by atoms with Crippen LogP contribution < -0.4 is 9.47 Å². The molecular weight excluding hydrogens is 340 g/mol. The van der Waals surface area contributed by atoms with Crippen LogP contribution in [0.2, 0.25) is 0 Å². The standard InChI is InChI=1S/C23H18O4/c1-26-21-12-15-10-16(23(24)25)11-20(19(15)13-22(21)27-2)18-9-5-7-14-6-3-4-8-17(14)18/h3-13H,1-2H3,(H,24,25). The summed E-state index contributed by atoms with van der Waals surface area (Å²) in [4.78, 5) is 11.7. The summed E-state index contributed by atoms with van der Waals surface area (Å²) in [5.41, 5.74) is 2.06. The van der Waals surface area contributed by atoms with E-state index in [1.54, 1.807) is 26.4 Å². The minimum Gasteiger partial charge on any atom is -0.493 e. The number of ether oxygens (including phenoxy) is 2. The Balaban J connectivity index is 2.13. The second-order valence-electron chi connectivity index (χ2n) is 6.28. The zero-order valence-corrected chi connectivity index (χ0v) is 15.0. The molecule has 0 radical (unpaired) electrons. The SMILES string of the molecule is COc1cc2cc(C(=O)O)cc(-c3cccc4ccccc34)c2cc1OC. The van der Waals surface area contributed by atoms with Gasteiger partial charge < -0.3 is 14.6 Å². The third-order valence-electron chi connectivity index (χ3n) is 4.78. The van der Waals surface area contributed by atoms with Gasteiger partial charge in [0.15, 0.2) is 11.5 Å². The Kier molecular flexibility index (Phi) is 4.16. The summed E-state index contributed by atoms with van der Waals surface area (Å²) in [5.74, 6) is 0.208. The molecule has 4 aromatic rings. The van der Waals surface area contributed by atoms with Crippen molar-refractivity contribution in [1.29, 1.82) is 0 Å². The molecule has 27 heavy (non-hydrogen) atoms. The first-order valence-corrected chi connectivity index (χ1v) is 8.53. The number of rotatable bonds is 4. The lowest BCUT2D eigenvalue weighted by Crippen LogP contribution is -1.98. The van der Waals surface area contributed by atoms with Gasteiger partial charge in [-0.25, -0.2) is 4.79 Å². The number of methoxy groups -OCH3 is 2. The van der Waals surface area contributed by atoms with E-state index in [0.717, 1.165) is 32.7 Å². The Bertz CT molecular complexity index is 1170. The van der Waals surface area contributed by atoms with Crippen LogP contribution in [0, 0.1) is 0 Å². The summed E-state index contributed by atoms with van der Waals surface area (Å²) in [6, 6.07) is 21.2. The van der Waals surface area contributed by atoms with Crippen LogP contribution in [0.1, 0.15) is 10.4 Å². The average Bonchev–Trinajstić information content (AvgIpc) is 2.71. The van der Waals surface area contributed by atoms with Crippen molar-refractivity contribution in [1.82, 2.24) is 0 Å². The first-order chi connectivity index (χ1) is 13.1. The molecule has 0 fully saturated rings. The number of hydrogen-bond donors (Lipinski definition) is 1. The van der Waals surface area contributed by atoms with E-state index in [-0.39, 0.29) is 5.56 Å². The third-order valence-corrected chi connectivity index (χ3v) is 4.78. The van der Waals surface area contributed by atoms with Gasteiger partial charge in [0.2, 0.25) is 0 Å². The Morgan fingerprint density at radius 1 is 0.741 bits per heavy atom. The van der Waals surface area contributed by atoms with Crippen LogP contribution in [0.25, 0.3) is 32.7 Å². The Morgan fingerprint density at radius 3 is 2.19 bits per heavy atom. The van der Waals surface area contributed by atoms with Crippen molar-refractivity contribution in [2.75, 3.05) is 14.2 Å². The third kappa shape index (κ3) is 2.85. The summed E-state index contributed by atoms with van der Waals surface area (Å²) < 4.78 is 10.8. The molecule has 134 valence electrons. The minimum atomic E-state index is -0.965. The monoisotopic (exact) mass is 358 g/mol. The van der Waals surface area contributed by atoms with Gasteiger partial charge in [0.05, 0.1) is 19.8 Å². The predicted molar refractivity (Wildman–Crippen MR) is 107 cm³/mol. The quantitative estimate of drug-likeness (QED) is 0.532. The second-order valence-corrected chi connectivity index (χ2v) is 6.28. The van der Waals surface area contributed by atoms with Crippen molar-refractivity contribution in [3.05, 3.63) is 72.3 Å². The van der Waals surface area contributed by atoms with Crippen LogP contribution in [0.15, 0.2) is 66.7 Å². The number of aromatic carboxylic acids is 1. The maximum absolute atomic E-state index is 11.7. The molecule has 0 saturated heterocycles. The van der Waals surface area contributed by atoms with Crippen molar-refractivity contribution < 1.29 is 19.4 Å². The van der Waals surface area contributed by atoms with Crippen LogP contribution in [-0.4, -0.2) is 25.3 Å². The van der Waals surface area contributed by atoms with Crippen molar-refractivity contribution >= 4 is 27.5 Å². The molecule has 0 aliphatic carbocycles. The maximum atomic E-state index is 11.7. The second kappa shape index (κ2) is 6.65. The normalized spacial score (nSPS) is 10.9. The van der Waals surface area contributed by atoms with Gasteiger partial charge in [-0.05, 0) is 56.9 Å². The average molecular weight is 358 g/mol. The molecule has 4 aromatic carbocycles. The summed E-state index contributed by atoms with van der Waals surface area (Å²) in [6.45, 7) is 0. The van der Waals surface area contributed by atoms with Gasteiger partial charge in [-0.2, -0.15) is 0 Å². The van der Waals surface area contributed by atoms with E-state index in [4.69, 9.17) is 9.47 Å². The van der Waals surface area contributed by atoms with E-state index in [0.29, 0.717) is 11.5 Å². The van der Waals surface area contributed by atoms with Crippen molar-refractivity contribution in [3.8, 4) is 22.6 Å². The van der Waals surface area contributed by atoms with Gasteiger partial charge in [-0.3, -0.25) is 0 Å². The molecule has 0 aliphatic rings. The number of carboxylic acids is 1. The van der Waals surface area contributed by atoms with Crippen molar-refractivity contribution in [3.63, 3.8) is 0 Å². The highest BCUT2D eigenvalue weighted by Gasteiger charge is 2.15. The molecule has 0 aliphatic heterocycles. The van der Waals surface area contributed by atoms with Gasteiger partial charge in [0.25, 0.3) is 0 Å². The molecule has 0 aromatic heterocycles. The Morgan fingerprint density at radius 2 is 1.44 bits per heavy atom.